The number of aliphatic hydroxyl groups is 1. The summed E-state index contributed by atoms with van der Waals surface area (Å²) in [4.78, 5) is 68.3. The molecule has 14 heteroatoms. The molecule has 3 saturated heterocycles. The number of ether oxygens (including phenoxy) is 2. The second-order valence-corrected chi connectivity index (χ2v) is 12.7. The number of fused-ring (bicyclic) bond motifs is 1. The fraction of sp³-hybridized carbons (Fsp3) is 0.621. The van der Waals surface area contributed by atoms with Crippen molar-refractivity contribution >= 4 is 41.7 Å². The molecule has 1 unspecified atom stereocenters. The van der Waals surface area contributed by atoms with Crippen LogP contribution in [-0.2, 0) is 23.9 Å². The number of nitrogens with zero attached hydrogens (tertiary/aromatic N) is 3. The first-order valence-corrected chi connectivity index (χ1v) is 15.3. The molecule has 0 saturated carbocycles. The van der Waals surface area contributed by atoms with Gasteiger partial charge in [-0.25, -0.2) is 14.4 Å². The summed E-state index contributed by atoms with van der Waals surface area (Å²) < 4.78 is 10.6. The second kappa shape index (κ2) is 13.4. The normalized spacial score (nSPS) is 30.5. The van der Waals surface area contributed by atoms with E-state index in [1.165, 1.54) is 47.7 Å². The van der Waals surface area contributed by atoms with Crippen molar-refractivity contribution in [3.05, 3.63) is 35.9 Å². The number of nitrogens with one attached hydrogen (secondary N) is 1. The van der Waals surface area contributed by atoms with Crippen molar-refractivity contribution in [2.24, 2.45) is 17.8 Å². The predicted octanol–water partition coefficient (Wildman–Crippen LogP) is 1.79. The molecule has 4 heterocycles. The lowest BCUT2D eigenvalue weighted by Gasteiger charge is -2.46. The van der Waals surface area contributed by atoms with Crippen LogP contribution in [0.1, 0.15) is 33.1 Å². The second-order valence-electron chi connectivity index (χ2n) is 11.4. The lowest BCUT2D eigenvalue weighted by atomic mass is 9.79. The van der Waals surface area contributed by atoms with Crippen molar-refractivity contribution in [2.75, 3.05) is 33.4 Å². The molecule has 3 N–H and O–H groups in total. The number of amides is 4. The number of carbonyl (C=O) groups excluding carboxylic acids is 4. The Hall–Kier alpha value is -3.52. The van der Waals surface area contributed by atoms with Gasteiger partial charge in [-0.3, -0.25) is 14.5 Å². The van der Waals surface area contributed by atoms with Gasteiger partial charge in [-0.2, -0.15) is 0 Å². The molecule has 0 bridgehead atoms. The zero-order chi connectivity index (χ0) is 31.6. The number of aliphatic carboxylic acids is 1. The molecular formula is C29H40N4O9S. The van der Waals surface area contributed by atoms with Crippen molar-refractivity contribution in [1.82, 2.24) is 20.0 Å². The van der Waals surface area contributed by atoms with Crippen LogP contribution in [0, 0.1) is 17.8 Å². The zero-order valence-corrected chi connectivity index (χ0v) is 25.5. The van der Waals surface area contributed by atoms with Gasteiger partial charge in [0.25, 0.3) is 0 Å². The number of thioether (sulfide) groups is 1. The lowest BCUT2D eigenvalue weighted by Crippen LogP contribution is -2.63. The monoisotopic (exact) mass is 620 g/mol. The molecule has 4 amide bonds. The fourth-order valence-electron chi connectivity index (χ4n) is 6.79. The number of hydrogen-bond acceptors (Lipinski definition) is 9. The molecular weight excluding hydrogens is 580 g/mol. The minimum absolute atomic E-state index is 0.0133. The number of hydrogen-bond donors (Lipinski definition) is 3. The van der Waals surface area contributed by atoms with E-state index in [1.807, 2.05) is 6.92 Å². The Kier molecular flexibility index (Phi) is 10.1. The smallest absolute Gasteiger partial charge is 0.410 e. The molecule has 0 aromatic heterocycles. The number of rotatable bonds is 11. The maximum Gasteiger partial charge on any atom is 0.410 e. The van der Waals surface area contributed by atoms with Gasteiger partial charge in [0.05, 0.1) is 18.1 Å². The summed E-state index contributed by atoms with van der Waals surface area (Å²) in [5.41, 5.74) is -0.0634. The predicted molar refractivity (Wildman–Crippen MR) is 156 cm³/mol. The van der Waals surface area contributed by atoms with Gasteiger partial charge >= 0.3 is 18.2 Å². The van der Waals surface area contributed by atoms with Crippen LogP contribution in [0.3, 0.4) is 0 Å². The van der Waals surface area contributed by atoms with E-state index >= 15 is 0 Å². The number of β-lactam (4-membered cyclic amide) rings is 1. The Morgan fingerprint density at radius 1 is 1.09 bits per heavy atom. The van der Waals surface area contributed by atoms with Gasteiger partial charge in [-0.05, 0) is 32.1 Å². The summed E-state index contributed by atoms with van der Waals surface area (Å²) in [6.07, 6.45) is 2.25. The number of carboxylic acids is 1. The first-order chi connectivity index (χ1) is 20.4. The van der Waals surface area contributed by atoms with Gasteiger partial charge in [-0.15, -0.1) is 11.8 Å². The Balaban J connectivity index is 1.53. The largest absolute Gasteiger partial charge is 0.477 e. The third kappa shape index (κ3) is 6.26. The molecule has 4 aliphatic rings. The first kappa shape index (κ1) is 32.4. The van der Waals surface area contributed by atoms with E-state index in [0.717, 1.165) is 0 Å². The lowest BCUT2D eigenvalue weighted by molar-refractivity contribution is -0.163. The SMILES string of the molecule is C=CCOC(=O)N1C[C@@H](SC2=C(C(=O)O)N3C(=O)[C@H]([C@@H](C)O)[C@H]3[C@H]2C)C[C@H]1CC1C[C@@H](C(=O)NC)N(C(=O)OCC=C)C1. The van der Waals surface area contributed by atoms with Gasteiger partial charge in [0, 0.05) is 42.3 Å². The molecule has 0 aliphatic carbocycles. The van der Waals surface area contributed by atoms with Crippen LogP contribution >= 0.6 is 11.8 Å². The maximum absolute atomic E-state index is 13.1. The number of likely N-dealkylation sites (N-methyl/N-ethyl adjacent to an activating group) is 1. The quantitative estimate of drug-likeness (QED) is 0.229. The summed E-state index contributed by atoms with van der Waals surface area (Å²) in [6, 6.07) is -1.45. The summed E-state index contributed by atoms with van der Waals surface area (Å²) in [5, 5.41) is 22.6. The molecule has 0 spiro atoms. The number of carbonyl (C=O) groups is 5. The number of carboxylic acid groups (broad SMARTS) is 1. The van der Waals surface area contributed by atoms with Crippen molar-refractivity contribution in [3.63, 3.8) is 0 Å². The fourth-order valence-corrected chi connectivity index (χ4v) is 8.35. The van der Waals surface area contributed by atoms with E-state index in [0.29, 0.717) is 24.2 Å². The molecule has 0 aromatic rings. The highest BCUT2D eigenvalue weighted by Gasteiger charge is 2.60. The van der Waals surface area contributed by atoms with Crippen LogP contribution in [0.15, 0.2) is 35.9 Å². The summed E-state index contributed by atoms with van der Waals surface area (Å²) in [5.74, 6) is -3.00. The third-order valence-electron chi connectivity index (χ3n) is 8.64. The van der Waals surface area contributed by atoms with Crippen molar-refractivity contribution in [3.8, 4) is 0 Å². The van der Waals surface area contributed by atoms with E-state index in [9.17, 15) is 34.2 Å². The minimum Gasteiger partial charge on any atom is -0.477 e. The van der Waals surface area contributed by atoms with E-state index < -0.39 is 48.2 Å². The molecule has 43 heavy (non-hydrogen) atoms. The van der Waals surface area contributed by atoms with E-state index in [2.05, 4.69) is 18.5 Å². The topological polar surface area (TPSA) is 166 Å². The highest BCUT2D eigenvalue weighted by atomic mass is 32.2. The van der Waals surface area contributed by atoms with Crippen LogP contribution < -0.4 is 5.32 Å². The Labute approximate surface area is 254 Å². The van der Waals surface area contributed by atoms with Gasteiger partial charge in [0.2, 0.25) is 11.8 Å². The number of likely N-dealkylation sites (tertiary alicyclic amines) is 2. The van der Waals surface area contributed by atoms with E-state index in [1.54, 1.807) is 4.90 Å². The minimum atomic E-state index is -1.21. The maximum atomic E-state index is 13.1. The molecule has 4 rings (SSSR count). The molecule has 0 radical (unpaired) electrons. The molecule has 4 aliphatic heterocycles. The summed E-state index contributed by atoms with van der Waals surface area (Å²) >= 11 is 1.35. The van der Waals surface area contributed by atoms with E-state index in [-0.39, 0.29) is 61.0 Å². The molecule has 0 aromatic carbocycles. The molecule has 3 fully saturated rings. The van der Waals surface area contributed by atoms with Crippen LogP contribution in [0.5, 0.6) is 0 Å². The highest BCUT2D eigenvalue weighted by molar-refractivity contribution is 8.03. The van der Waals surface area contributed by atoms with Crippen LogP contribution in [-0.4, -0.2) is 118 Å². The number of aliphatic hydroxyl groups excluding tert-OH is 1. The summed E-state index contributed by atoms with van der Waals surface area (Å²) in [6.45, 7) is 11.1. The Morgan fingerprint density at radius 3 is 2.28 bits per heavy atom. The van der Waals surface area contributed by atoms with Crippen LogP contribution in [0.4, 0.5) is 9.59 Å². The van der Waals surface area contributed by atoms with Crippen LogP contribution in [0.25, 0.3) is 0 Å². The molecule has 236 valence electrons. The molecule has 8 atom stereocenters. The summed E-state index contributed by atoms with van der Waals surface area (Å²) in [7, 11) is 1.50. The zero-order valence-electron chi connectivity index (χ0n) is 24.6. The third-order valence-corrected chi connectivity index (χ3v) is 10.1. The average Bonchev–Trinajstić information content (AvgIpc) is 3.63. The van der Waals surface area contributed by atoms with Gasteiger partial charge in [0.15, 0.2) is 0 Å². The highest BCUT2D eigenvalue weighted by Crippen LogP contribution is 2.52. The molecule has 13 nitrogen and oxygen atoms in total. The van der Waals surface area contributed by atoms with Gasteiger partial charge < -0.3 is 34.8 Å². The van der Waals surface area contributed by atoms with Crippen molar-refractivity contribution in [1.29, 1.82) is 0 Å². The van der Waals surface area contributed by atoms with Crippen molar-refractivity contribution in [2.45, 2.75) is 62.6 Å². The van der Waals surface area contributed by atoms with Crippen molar-refractivity contribution < 1.29 is 43.7 Å². The Morgan fingerprint density at radius 2 is 1.72 bits per heavy atom. The Bertz CT molecular complexity index is 1210. The standard InChI is InChI=1S/C29H40N4O9S/c1-6-8-41-28(39)31-14-19(43-24-15(3)22-21(16(4)34)26(36)33(22)23(24)27(37)38)12-18(31)10-17-11-20(25(35)30-5)32(13-17)29(40)42-9-7-2/h6-7,15-22,34H,1-2,8-14H2,3-5H3,(H,30,35)(H,37,38)/t15-,16-,17?,18-,19+,20+,21-,22-/m1/s1. The van der Waals surface area contributed by atoms with Gasteiger partial charge in [0.1, 0.15) is 25.0 Å². The van der Waals surface area contributed by atoms with E-state index in [4.69, 9.17) is 9.47 Å². The first-order valence-electron chi connectivity index (χ1n) is 14.4. The van der Waals surface area contributed by atoms with Gasteiger partial charge in [-0.1, -0.05) is 32.2 Å². The average molecular weight is 621 g/mol. The van der Waals surface area contributed by atoms with Crippen LogP contribution in [0.2, 0.25) is 0 Å².